The zero-order chi connectivity index (χ0) is 6.57. The van der Waals surface area contributed by atoms with E-state index in [0.717, 1.165) is 10.5 Å². The Labute approximate surface area is 56.6 Å². The van der Waals surface area contributed by atoms with Crippen molar-refractivity contribution in [3.05, 3.63) is 22.7 Å². The monoisotopic (exact) mass is 126 g/mol. The molecule has 2 heteroatoms. The fourth-order valence-electron chi connectivity index (χ4n) is 0.246. The third-order valence-electron chi connectivity index (χ3n) is 0.576. The van der Waals surface area contributed by atoms with Crippen molar-refractivity contribution in [2.45, 2.75) is 13.8 Å². The summed E-state index contributed by atoms with van der Waals surface area (Å²) in [6.07, 6.45) is 3.53. The van der Waals surface area contributed by atoms with Gasteiger partial charge in [0.15, 0.2) is 0 Å². The predicted molar refractivity (Wildman–Crippen MR) is 39.1 cm³/mol. The molecular weight excluding hydrogens is 118 g/mol. The number of halogens is 1. The maximum Gasteiger partial charge on any atom is 0.107 e. The third-order valence-corrected chi connectivity index (χ3v) is 0.702. The van der Waals surface area contributed by atoms with Gasteiger partial charge in [-0.05, 0) is 13.0 Å². The van der Waals surface area contributed by atoms with Gasteiger partial charge in [-0.25, -0.2) is 0 Å². The SMILES string of the molecule is [B]/C(C)=C/C=C(\C)Cl. The maximum atomic E-state index is 5.48. The first-order chi connectivity index (χ1) is 3.63. The summed E-state index contributed by atoms with van der Waals surface area (Å²) in [5.41, 5.74) is 0.769. The Morgan fingerprint density at radius 1 is 1.38 bits per heavy atom. The van der Waals surface area contributed by atoms with E-state index in [-0.39, 0.29) is 0 Å². The number of hydrogen-bond donors (Lipinski definition) is 0. The number of hydrogen-bond acceptors (Lipinski definition) is 0. The highest BCUT2D eigenvalue weighted by Gasteiger charge is 1.73. The van der Waals surface area contributed by atoms with Gasteiger partial charge in [0, 0.05) is 5.03 Å². The molecular formula is C6H8BCl. The molecule has 0 aliphatic heterocycles. The highest BCUT2D eigenvalue weighted by atomic mass is 35.5. The topological polar surface area (TPSA) is 0 Å². The molecule has 0 bridgehead atoms. The molecule has 0 fully saturated rings. The van der Waals surface area contributed by atoms with E-state index < -0.39 is 0 Å². The average Bonchev–Trinajstić information content (AvgIpc) is 1.61. The van der Waals surface area contributed by atoms with Crippen molar-refractivity contribution >= 4 is 19.4 Å². The summed E-state index contributed by atoms with van der Waals surface area (Å²) in [5, 5.41) is 0.745. The minimum absolute atomic E-state index is 0.745. The van der Waals surface area contributed by atoms with Crippen LogP contribution in [0.3, 0.4) is 0 Å². The van der Waals surface area contributed by atoms with Gasteiger partial charge in [-0.3, -0.25) is 0 Å². The van der Waals surface area contributed by atoms with Gasteiger partial charge in [0.2, 0.25) is 0 Å². The van der Waals surface area contributed by atoms with Crippen molar-refractivity contribution in [2.75, 3.05) is 0 Å². The van der Waals surface area contributed by atoms with E-state index in [2.05, 4.69) is 0 Å². The van der Waals surface area contributed by atoms with Gasteiger partial charge >= 0.3 is 0 Å². The molecule has 0 saturated heterocycles. The second-order valence-corrected chi connectivity index (χ2v) is 2.26. The van der Waals surface area contributed by atoms with Gasteiger partial charge in [0.25, 0.3) is 0 Å². The standard InChI is InChI=1S/C6H8BCl/c1-5(7)3-4-6(2)8/h3-4H,1-2H3/b5-3+,6-4+. The van der Waals surface area contributed by atoms with Gasteiger partial charge in [-0.2, -0.15) is 0 Å². The molecule has 0 aliphatic carbocycles. The van der Waals surface area contributed by atoms with Crippen molar-refractivity contribution in [1.29, 1.82) is 0 Å². The van der Waals surface area contributed by atoms with Gasteiger partial charge in [0.1, 0.15) is 7.85 Å². The molecule has 0 rings (SSSR count). The van der Waals surface area contributed by atoms with Crippen LogP contribution < -0.4 is 0 Å². The molecule has 0 atom stereocenters. The molecule has 0 unspecified atom stereocenters. The zero-order valence-electron chi connectivity index (χ0n) is 5.11. The smallest absolute Gasteiger partial charge is 0.107 e. The van der Waals surface area contributed by atoms with Crippen LogP contribution in [0.1, 0.15) is 13.8 Å². The Morgan fingerprint density at radius 3 is 2.00 bits per heavy atom. The van der Waals surface area contributed by atoms with E-state index in [0.29, 0.717) is 0 Å². The molecule has 0 N–H and O–H groups in total. The van der Waals surface area contributed by atoms with Crippen LogP contribution in [0.15, 0.2) is 22.7 Å². The minimum Gasteiger partial charge on any atom is -0.121 e. The highest BCUT2D eigenvalue weighted by molar-refractivity contribution is 6.29. The van der Waals surface area contributed by atoms with E-state index in [1.807, 2.05) is 6.92 Å². The Bertz CT molecular complexity index is 100. The Kier molecular flexibility index (Phi) is 3.71. The molecule has 0 spiro atoms. The normalized spacial score (nSPS) is 14.4. The summed E-state index contributed by atoms with van der Waals surface area (Å²) >= 11 is 5.48. The van der Waals surface area contributed by atoms with Gasteiger partial charge in [0.05, 0.1) is 0 Å². The summed E-state index contributed by atoms with van der Waals surface area (Å²) in [6.45, 7) is 3.62. The fourth-order valence-corrected chi connectivity index (χ4v) is 0.309. The molecule has 0 saturated carbocycles. The second-order valence-electron chi connectivity index (χ2n) is 1.66. The average molecular weight is 126 g/mol. The molecule has 0 aliphatic rings. The Balaban J connectivity index is 3.76. The van der Waals surface area contributed by atoms with E-state index in [1.54, 1.807) is 19.1 Å². The molecule has 8 heavy (non-hydrogen) atoms. The Hall–Kier alpha value is -0.165. The van der Waals surface area contributed by atoms with Crippen molar-refractivity contribution in [1.82, 2.24) is 0 Å². The van der Waals surface area contributed by atoms with Crippen LogP contribution >= 0.6 is 11.6 Å². The molecule has 2 radical (unpaired) electrons. The van der Waals surface area contributed by atoms with E-state index in [4.69, 9.17) is 19.4 Å². The van der Waals surface area contributed by atoms with Crippen LogP contribution in [0.2, 0.25) is 0 Å². The van der Waals surface area contributed by atoms with Crippen LogP contribution in [-0.4, -0.2) is 7.85 Å². The number of rotatable bonds is 1. The first-order valence-electron chi connectivity index (χ1n) is 2.39. The quantitative estimate of drug-likeness (QED) is 0.373. The molecule has 42 valence electrons. The summed E-state index contributed by atoms with van der Waals surface area (Å²) < 4.78 is 0. The van der Waals surface area contributed by atoms with Crippen LogP contribution in [0.5, 0.6) is 0 Å². The van der Waals surface area contributed by atoms with Crippen molar-refractivity contribution in [3.63, 3.8) is 0 Å². The predicted octanol–water partition coefficient (Wildman–Crippen LogP) is 2.20. The van der Waals surface area contributed by atoms with Gasteiger partial charge in [-0.1, -0.05) is 24.6 Å². The van der Waals surface area contributed by atoms with Crippen molar-refractivity contribution < 1.29 is 0 Å². The summed E-state index contributed by atoms with van der Waals surface area (Å²) in [6, 6.07) is 0. The summed E-state index contributed by atoms with van der Waals surface area (Å²) in [4.78, 5) is 0. The van der Waals surface area contributed by atoms with Crippen molar-refractivity contribution in [3.8, 4) is 0 Å². The molecule has 0 aromatic rings. The zero-order valence-corrected chi connectivity index (χ0v) is 5.87. The molecule has 0 aromatic carbocycles. The first-order valence-corrected chi connectivity index (χ1v) is 2.77. The largest absolute Gasteiger partial charge is 0.121 e. The summed E-state index contributed by atoms with van der Waals surface area (Å²) in [5.74, 6) is 0. The van der Waals surface area contributed by atoms with Crippen LogP contribution in [0.4, 0.5) is 0 Å². The lowest BCUT2D eigenvalue weighted by Crippen LogP contribution is -1.67. The molecule has 0 heterocycles. The van der Waals surface area contributed by atoms with Crippen LogP contribution in [0, 0.1) is 0 Å². The molecule has 0 aromatic heterocycles. The molecule has 0 amide bonds. The highest BCUT2D eigenvalue weighted by Crippen LogP contribution is 1.98. The van der Waals surface area contributed by atoms with E-state index in [9.17, 15) is 0 Å². The van der Waals surface area contributed by atoms with E-state index >= 15 is 0 Å². The van der Waals surface area contributed by atoms with Gasteiger partial charge < -0.3 is 0 Å². The second kappa shape index (κ2) is 3.79. The minimum atomic E-state index is 0.745. The lowest BCUT2D eigenvalue weighted by Gasteiger charge is -1.82. The lowest BCUT2D eigenvalue weighted by atomic mass is 9.98. The van der Waals surface area contributed by atoms with Crippen LogP contribution in [0.25, 0.3) is 0 Å². The van der Waals surface area contributed by atoms with Crippen molar-refractivity contribution in [2.24, 2.45) is 0 Å². The fraction of sp³-hybridized carbons (Fsp3) is 0.333. The third kappa shape index (κ3) is 5.83. The summed E-state index contributed by atoms with van der Waals surface area (Å²) in [7, 11) is 5.30. The molecule has 0 nitrogen and oxygen atoms in total. The Morgan fingerprint density at radius 2 is 1.88 bits per heavy atom. The van der Waals surface area contributed by atoms with Gasteiger partial charge in [-0.15, -0.1) is 5.47 Å². The maximum absolute atomic E-state index is 5.48. The number of allylic oxidation sites excluding steroid dienone is 4. The van der Waals surface area contributed by atoms with E-state index in [1.165, 1.54) is 0 Å². The first kappa shape index (κ1) is 7.83. The van der Waals surface area contributed by atoms with Crippen LogP contribution in [-0.2, 0) is 0 Å². The lowest BCUT2D eigenvalue weighted by molar-refractivity contribution is 1.61.